The molecule has 2 rings (SSSR count). The number of nitrogens with zero attached hydrogens (tertiary/aromatic N) is 3. The molecule has 6 nitrogen and oxygen atoms in total. The molecule has 1 aliphatic rings. The lowest BCUT2D eigenvalue weighted by Crippen LogP contribution is -2.42. The molecule has 6 heteroatoms. The Kier molecular flexibility index (Phi) is 6.93. The molecular weight excluding hydrogens is 318 g/mol. The number of amides is 1. The van der Waals surface area contributed by atoms with E-state index in [0.29, 0.717) is 43.4 Å². The molecule has 0 radical (unpaired) electrons. The van der Waals surface area contributed by atoms with Crippen LogP contribution in [0.3, 0.4) is 0 Å². The van der Waals surface area contributed by atoms with Crippen LogP contribution in [0.4, 0.5) is 5.82 Å². The highest BCUT2D eigenvalue weighted by molar-refractivity contribution is 5.94. The lowest BCUT2D eigenvalue weighted by Gasteiger charge is -2.32. The van der Waals surface area contributed by atoms with Crippen molar-refractivity contribution < 1.29 is 14.7 Å². The number of ketones is 1. The lowest BCUT2D eigenvalue weighted by molar-refractivity contribution is -0.124. The van der Waals surface area contributed by atoms with Crippen molar-refractivity contribution in [3.8, 4) is 0 Å². The second-order valence-corrected chi connectivity index (χ2v) is 7.20. The maximum atomic E-state index is 12.7. The van der Waals surface area contributed by atoms with Gasteiger partial charge < -0.3 is 14.9 Å². The topological polar surface area (TPSA) is 73.7 Å². The van der Waals surface area contributed by atoms with E-state index >= 15 is 0 Å². The van der Waals surface area contributed by atoms with Gasteiger partial charge in [-0.05, 0) is 30.9 Å². The fraction of sp³-hybridized carbons (Fsp3) is 0.632. The zero-order valence-corrected chi connectivity index (χ0v) is 15.4. The van der Waals surface area contributed by atoms with Gasteiger partial charge >= 0.3 is 0 Å². The number of aliphatic hydroxyl groups excluding tert-OH is 1. The van der Waals surface area contributed by atoms with E-state index in [4.69, 9.17) is 5.11 Å². The summed E-state index contributed by atoms with van der Waals surface area (Å²) in [5.41, 5.74) is 0.540. The first-order valence-electron chi connectivity index (χ1n) is 9.02. The number of hydrogen-bond donors (Lipinski definition) is 1. The Morgan fingerprint density at radius 1 is 1.40 bits per heavy atom. The van der Waals surface area contributed by atoms with Crippen LogP contribution in [0.2, 0.25) is 0 Å². The molecule has 1 aliphatic heterocycles. The molecule has 0 spiro atoms. The summed E-state index contributed by atoms with van der Waals surface area (Å²) >= 11 is 0. The fourth-order valence-corrected chi connectivity index (χ4v) is 3.18. The third-order valence-electron chi connectivity index (χ3n) is 4.59. The lowest BCUT2D eigenvalue weighted by atomic mass is 9.89. The van der Waals surface area contributed by atoms with Crippen molar-refractivity contribution >= 4 is 17.5 Å². The summed E-state index contributed by atoms with van der Waals surface area (Å²) in [6, 6.07) is 3.55. The first-order chi connectivity index (χ1) is 11.9. The minimum Gasteiger partial charge on any atom is -0.395 e. The number of pyridine rings is 1. The predicted molar refractivity (Wildman–Crippen MR) is 97.7 cm³/mol. The number of likely N-dealkylation sites (tertiary alicyclic amines) is 1. The molecule has 1 atom stereocenters. The van der Waals surface area contributed by atoms with Crippen LogP contribution in [-0.2, 0) is 4.79 Å². The van der Waals surface area contributed by atoms with Crippen molar-refractivity contribution in [3.63, 3.8) is 0 Å². The molecular formula is C19H29N3O3. The number of piperidine rings is 1. The number of anilines is 1. The third-order valence-corrected chi connectivity index (χ3v) is 4.59. The molecule has 1 saturated heterocycles. The van der Waals surface area contributed by atoms with E-state index < -0.39 is 0 Å². The van der Waals surface area contributed by atoms with Crippen LogP contribution in [0.5, 0.6) is 0 Å². The summed E-state index contributed by atoms with van der Waals surface area (Å²) in [6.45, 7) is 5.84. The Morgan fingerprint density at radius 2 is 2.16 bits per heavy atom. The Morgan fingerprint density at radius 3 is 2.76 bits per heavy atom. The van der Waals surface area contributed by atoms with Gasteiger partial charge in [0, 0.05) is 45.2 Å². The zero-order chi connectivity index (χ0) is 18.4. The minimum atomic E-state index is -0.0640. The van der Waals surface area contributed by atoms with Gasteiger partial charge in [0.2, 0.25) is 0 Å². The zero-order valence-electron chi connectivity index (χ0n) is 15.4. The van der Waals surface area contributed by atoms with Crippen molar-refractivity contribution in [3.05, 3.63) is 23.9 Å². The van der Waals surface area contributed by atoms with Gasteiger partial charge in [0.1, 0.15) is 11.6 Å². The molecule has 1 N–H and O–H groups in total. The largest absolute Gasteiger partial charge is 0.395 e. The molecule has 1 aromatic heterocycles. The highest BCUT2D eigenvalue weighted by Crippen LogP contribution is 2.22. The second kappa shape index (κ2) is 8.94. The molecule has 2 heterocycles. The van der Waals surface area contributed by atoms with Crippen LogP contribution in [0, 0.1) is 11.8 Å². The SMILES string of the molecule is CC(C)CC(=O)C1CCCN(C(=O)c2ccc(N(C)CCO)nc2)C1. The molecule has 1 unspecified atom stereocenters. The second-order valence-electron chi connectivity index (χ2n) is 7.20. The number of Topliss-reactive ketones (excluding diaryl/α,β-unsaturated/α-hetero) is 1. The Hall–Kier alpha value is -1.95. The first-order valence-corrected chi connectivity index (χ1v) is 9.02. The van der Waals surface area contributed by atoms with Gasteiger partial charge in [-0.2, -0.15) is 0 Å². The molecule has 0 saturated carbocycles. The van der Waals surface area contributed by atoms with E-state index in [1.54, 1.807) is 23.2 Å². The number of rotatable bonds is 7. The Labute approximate surface area is 149 Å². The van der Waals surface area contributed by atoms with Crippen LogP contribution >= 0.6 is 0 Å². The van der Waals surface area contributed by atoms with E-state index in [1.807, 2.05) is 25.8 Å². The minimum absolute atomic E-state index is 0.0389. The van der Waals surface area contributed by atoms with Gasteiger partial charge in [0.25, 0.3) is 5.91 Å². The third kappa shape index (κ3) is 5.26. The molecule has 0 aromatic carbocycles. The van der Waals surface area contributed by atoms with Crippen molar-refractivity contribution in [1.82, 2.24) is 9.88 Å². The molecule has 138 valence electrons. The van der Waals surface area contributed by atoms with Crippen LogP contribution in [0.1, 0.15) is 43.5 Å². The number of hydrogen-bond acceptors (Lipinski definition) is 5. The molecule has 1 amide bonds. The van der Waals surface area contributed by atoms with E-state index in [2.05, 4.69) is 4.98 Å². The first kappa shape index (κ1) is 19.4. The molecule has 25 heavy (non-hydrogen) atoms. The van der Waals surface area contributed by atoms with Gasteiger partial charge in [0.05, 0.1) is 12.2 Å². The molecule has 0 aliphatic carbocycles. The maximum Gasteiger partial charge on any atom is 0.255 e. The van der Waals surface area contributed by atoms with Crippen molar-refractivity contribution in [2.45, 2.75) is 33.1 Å². The monoisotopic (exact) mass is 347 g/mol. The number of aliphatic hydroxyl groups is 1. The Bertz CT molecular complexity index is 586. The molecule has 0 bridgehead atoms. The van der Waals surface area contributed by atoms with Gasteiger partial charge in [-0.25, -0.2) is 4.98 Å². The van der Waals surface area contributed by atoms with Crippen molar-refractivity contribution in [1.29, 1.82) is 0 Å². The summed E-state index contributed by atoms with van der Waals surface area (Å²) in [7, 11) is 1.84. The van der Waals surface area contributed by atoms with Crippen LogP contribution in [0.25, 0.3) is 0 Å². The van der Waals surface area contributed by atoms with Crippen molar-refractivity contribution in [2.75, 3.05) is 38.2 Å². The normalized spacial score (nSPS) is 17.6. The van der Waals surface area contributed by atoms with Crippen LogP contribution in [-0.4, -0.2) is 60.0 Å². The van der Waals surface area contributed by atoms with Crippen molar-refractivity contribution in [2.24, 2.45) is 11.8 Å². The predicted octanol–water partition coefficient (Wildman–Crippen LogP) is 1.98. The average molecular weight is 347 g/mol. The quantitative estimate of drug-likeness (QED) is 0.816. The van der Waals surface area contributed by atoms with Gasteiger partial charge in [0.15, 0.2) is 0 Å². The summed E-state index contributed by atoms with van der Waals surface area (Å²) in [4.78, 5) is 33.0. The van der Waals surface area contributed by atoms with Gasteiger partial charge in [-0.1, -0.05) is 13.8 Å². The van der Waals surface area contributed by atoms with Gasteiger partial charge in [-0.3, -0.25) is 9.59 Å². The van der Waals surface area contributed by atoms with Crippen LogP contribution in [0.15, 0.2) is 18.3 Å². The van der Waals surface area contributed by atoms with Crippen LogP contribution < -0.4 is 4.90 Å². The maximum absolute atomic E-state index is 12.7. The van der Waals surface area contributed by atoms with E-state index in [-0.39, 0.29) is 24.2 Å². The average Bonchev–Trinajstić information content (AvgIpc) is 2.61. The number of likely N-dealkylation sites (N-methyl/N-ethyl adjacent to an activating group) is 1. The van der Waals surface area contributed by atoms with E-state index in [9.17, 15) is 9.59 Å². The van der Waals surface area contributed by atoms with Gasteiger partial charge in [-0.15, -0.1) is 0 Å². The number of aromatic nitrogens is 1. The summed E-state index contributed by atoms with van der Waals surface area (Å²) in [6.07, 6.45) is 3.90. The summed E-state index contributed by atoms with van der Waals surface area (Å²) in [5, 5.41) is 8.98. The van der Waals surface area contributed by atoms with E-state index in [1.165, 1.54) is 0 Å². The van der Waals surface area contributed by atoms with E-state index in [0.717, 1.165) is 12.8 Å². The molecule has 1 fully saturated rings. The standard InChI is InChI=1S/C19H29N3O3/c1-14(2)11-17(24)16-5-4-8-22(13-16)19(25)15-6-7-18(20-12-15)21(3)9-10-23/h6-7,12,14,16,23H,4-5,8-11,13H2,1-3H3. The highest BCUT2D eigenvalue weighted by atomic mass is 16.3. The summed E-state index contributed by atoms with van der Waals surface area (Å²) in [5.74, 6) is 1.24. The smallest absolute Gasteiger partial charge is 0.255 e. The highest BCUT2D eigenvalue weighted by Gasteiger charge is 2.29. The fourth-order valence-electron chi connectivity index (χ4n) is 3.18. The summed E-state index contributed by atoms with van der Waals surface area (Å²) < 4.78 is 0. The number of carbonyl (C=O) groups is 2. The Balaban J connectivity index is 2.00. The molecule has 1 aromatic rings. The number of carbonyl (C=O) groups excluding carboxylic acids is 2.